The molecule has 0 spiro atoms. The monoisotopic (exact) mass is 168 g/mol. The van der Waals surface area contributed by atoms with Crippen molar-refractivity contribution in [2.75, 3.05) is 0 Å². The Labute approximate surface area is 68.1 Å². The highest BCUT2D eigenvalue weighted by molar-refractivity contribution is 5.74. The number of rotatable bonds is 2. The normalized spacial score (nSPS) is 12.4. The Hall–Kier alpha value is -1.65. The van der Waals surface area contributed by atoms with Crippen LogP contribution in [0, 0.1) is 0 Å². The summed E-state index contributed by atoms with van der Waals surface area (Å²) in [5, 5.41) is 8.56. The summed E-state index contributed by atoms with van der Waals surface area (Å²) in [6.45, 7) is 1.46. The standard InChI is InChI=1S/C7H8N2O3/c1-4(7(11)12)6-8-3-2-5(10)9-6/h2-4H,1H3,(H,11,12)(H,8,9,10). The highest BCUT2D eigenvalue weighted by Crippen LogP contribution is 2.06. The highest BCUT2D eigenvalue weighted by Gasteiger charge is 2.15. The minimum absolute atomic E-state index is 0.176. The highest BCUT2D eigenvalue weighted by atomic mass is 16.4. The lowest BCUT2D eigenvalue weighted by molar-refractivity contribution is -0.138. The molecule has 1 aromatic heterocycles. The van der Waals surface area contributed by atoms with Crippen LogP contribution in [0.15, 0.2) is 17.1 Å². The molecule has 1 heterocycles. The summed E-state index contributed by atoms with van der Waals surface area (Å²) in [7, 11) is 0. The molecule has 1 aromatic rings. The summed E-state index contributed by atoms with van der Waals surface area (Å²) < 4.78 is 0. The van der Waals surface area contributed by atoms with E-state index < -0.39 is 11.9 Å². The molecule has 0 aliphatic carbocycles. The largest absolute Gasteiger partial charge is 0.481 e. The average Bonchev–Trinajstić information content (AvgIpc) is 2.03. The summed E-state index contributed by atoms with van der Waals surface area (Å²) in [4.78, 5) is 27.2. The van der Waals surface area contributed by atoms with Crippen molar-refractivity contribution in [3.8, 4) is 0 Å². The molecule has 0 fully saturated rings. The zero-order valence-electron chi connectivity index (χ0n) is 6.44. The van der Waals surface area contributed by atoms with E-state index in [9.17, 15) is 9.59 Å². The number of nitrogens with one attached hydrogen (secondary N) is 1. The Morgan fingerprint density at radius 3 is 2.92 bits per heavy atom. The molecule has 0 saturated heterocycles. The smallest absolute Gasteiger partial charge is 0.313 e. The molecule has 64 valence electrons. The van der Waals surface area contributed by atoms with E-state index in [-0.39, 0.29) is 11.4 Å². The molecule has 0 aliphatic heterocycles. The summed E-state index contributed by atoms with van der Waals surface area (Å²) in [5.41, 5.74) is -0.340. The van der Waals surface area contributed by atoms with E-state index in [1.807, 2.05) is 0 Å². The second-order valence-corrected chi connectivity index (χ2v) is 2.38. The minimum Gasteiger partial charge on any atom is -0.481 e. The van der Waals surface area contributed by atoms with Gasteiger partial charge in [-0.15, -0.1) is 0 Å². The molecule has 2 N–H and O–H groups in total. The predicted octanol–water partition coefficient (Wildman–Crippen LogP) is -0.0420. The van der Waals surface area contributed by atoms with E-state index in [4.69, 9.17) is 5.11 Å². The first-order valence-electron chi connectivity index (χ1n) is 3.39. The summed E-state index contributed by atoms with van der Waals surface area (Å²) in [6, 6.07) is 1.23. The van der Waals surface area contributed by atoms with Crippen LogP contribution in [0.4, 0.5) is 0 Å². The molecule has 0 amide bonds. The fraction of sp³-hybridized carbons (Fsp3) is 0.286. The fourth-order valence-electron chi connectivity index (χ4n) is 0.722. The van der Waals surface area contributed by atoms with Crippen molar-refractivity contribution in [2.24, 2.45) is 0 Å². The molecule has 0 bridgehead atoms. The van der Waals surface area contributed by atoms with E-state index in [1.54, 1.807) is 0 Å². The number of aliphatic carboxylic acids is 1. The van der Waals surface area contributed by atoms with E-state index in [1.165, 1.54) is 19.2 Å². The van der Waals surface area contributed by atoms with Crippen molar-refractivity contribution >= 4 is 5.97 Å². The molecule has 0 aliphatic rings. The van der Waals surface area contributed by atoms with Gasteiger partial charge >= 0.3 is 5.97 Å². The van der Waals surface area contributed by atoms with Gasteiger partial charge in [0.05, 0.1) is 0 Å². The zero-order chi connectivity index (χ0) is 9.14. The van der Waals surface area contributed by atoms with Crippen LogP contribution < -0.4 is 5.56 Å². The molecule has 0 aromatic carbocycles. The maximum atomic E-state index is 10.7. The average molecular weight is 168 g/mol. The molecular formula is C7H8N2O3. The third-order valence-corrected chi connectivity index (χ3v) is 1.47. The number of H-pyrrole nitrogens is 1. The third-order valence-electron chi connectivity index (χ3n) is 1.47. The summed E-state index contributed by atoms with van der Waals surface area (Å²) >= 11 is 0. The van der Waals surface area contributed by atoms with Crippen LogP contribution in [0.25, 0.3) is 0 Å². The molecule has 1 unspecified atom stereocenters. The summed E-state index contributed by atoms with van der Waals surface area (Å²) in [6.07, 6.45) is 1.29. The van der Waals surface area contributed by atoms with Crippen molar-refractivity contribution in [2.45, 2.75) is 12.8 Å². The zero-order valence-corrected chi connectivity index (χ0v) is 6.44. The van der Waals surface area contributed by atoms with E-state index >= 15 is 0 Å². The van der Waals surface area contributed by atoms with Gasteiger partial charge in [0.25, 0.3) is 5.56 Å². The van der Waals surface area contributed by atoms with Gasteiger partial charge in [-0.3, -0.25) is 9.59 Å². The maximum absolute atomic E-state index is 10.7. The van der Waals surface area contributed by atoms with Gasteiger partial charge in [0, 0.05) is 12.3 Å². The molecule has 12 heavy (non-hydrogen) atoms. The van der Waals surface area contributed by atoms with E-state index in [2.05, 4.69) is 9.97 Å². The number of carboxylic acid groups (broad SMARTS) is 1. The molecule has 0 radical (unpaired) electrons. The Bertz CT molecular complexity index is 345. The van der Waals surface area contributed by atoms with Gasteiger partial charge in [-0.1, -0.05) is 0 Å². The second-order valence-electron chi connectivity index (χ2n) is 2.38. The number of carboxylic acids is 1. The predicted molar refractivity (Wildman–Crippen MR) is 40.9 cm³/mol. The second kappa shape index (κ2) is 3.17. The first-order chi connectivity index (χ1) is 5.61. The molecule has 0 saturated carbocycles. The number of aromatic nitrogens is 2. The number of hydrogen-bond donors (Lipinski definition) is 2. The van der Waals surface area contributed by atoms with Crippen LogP contribution >= 0.6 is 0 Å². The number of nitrogens with zero attached hydrogens (tertiary/aromatic N) is 1. The minimum atomic E-state index is -1.01. The van der Waals surface area contributed by atoms with Gasteiger partial charge in [-0.25, -0.2) is 4.98 Å². The van der Waals surface area contributed by atoms with Crippen LogP contribution in [-0.4, -0.2) is 21.0 Å². The third kappa shape index (κ3) is 1.69. The van der Waals surface area contributed by atoms with Gasteiger partial charge in [-0.2, -0.15) is 0 Å². The summed E-state index contributed by atoms with van der Waals surface area (Å²) in [5.74, 6) is -1.61. The van der Waals surface area contributed by atoms with Gasteiger partial charge in [-0.05, 0) is 6.92 Å². The number of aromatic amines is 1. The van der Waals surface area contributed by atoms with Crippen LogP contribution in [0.1, 0.15) is 18.7 Å². The van der Waals surface area contributed by atoms with Crippen LogP contribution in [0.2, 0.25) is 0 Å². The quantitative estimate of drug-likeness (QED) is 0.648. The molecule has 5 heteroatoms. The molecule has 1 rings (SSSR count). The first kappa shape index (κ1) is 8.45. The molecule has 1 atom stereocenters. The van der Waals surface area contributed by atoms with Crippen molar-refractivity contribution < 1.29 is 9.90 Å². The van der Waals surface area contributed by atoms with Crippen LogP contribution in [0.5, 0.6) is 0 Å². The van der Waals surface area contributed by atoms with Crippen molar-refractivity contribution in [1.29, 1.82) is 0 Å². The van der Waals surface area contributed by atoms with Crippen LogP contribution in [-0.2, 0) is 4.79 Å². The lowest BCUT2D eigenvalue weighted by Gasteiger charge is -2.02. The van der Waals surface area contributed by atoms with Gasteiger partial charge in [0.2, 0.25) is 0 Å². The fourth-order valence-corrected chi connectivity index (χ4v) is 0.722. The van der Waals surface area contributed by atoms with Crippen molar-refractivity contribution in [1.82, 2.24) is 9.97 Å². The van der Waals surface area contributed by atoms with Gasteiger partial charge in [0.1, 0.15) is 11.7 Å². The number of carbonyl (C=O) groups is 1. The lowest BCUT2D eigenvalue weighted by atomic mass is 10.2. The maximum Gasteiger partial charge on any atom is 0.313 e. The van der Waals surface area contributed by atoms with Crippen molar-refractivity contribution in [3.63, 3.8) is 0 Å². The van der Waals surface area contributed by atoms with E-state index in [0.717, 1.165) is 0 Å². The topological polar surface area (TPSA) is 83.0 Å². The number of hydrogen-bond acceptors (Lipinski definition) is 3. The van der Waals surface area contributed by atoms with Gasteiger partial charge < -0.3 is 10.1 Å². The van der Waals surface area contributed by atoms with Crippen LogP contribution in [0.3, 0.4) is 0 Å². The Morgan fingerprint density at radius 2 is 2.42 bits per heavy atom. The molecular weight excluding hydrogens is 160 g/mol. The van der Waals surface area contributed by atoms with Gasteiger partial charge in [0.15, 0.2) is 0 Å². The first-order valence-corrected chi connectivity index (χ1v) is 3.39. The van der Waals surface area contributed by atoms with Crippen molar-refractivity contribution in [3.05, 3.63) is 28.4 Å². The Kier molecular flexibility index (Phi) is 2.23. The Balaban J connectivity index is 3.03. The van der Waals surface area contributed by atoms with E-state index in [0.29, 0.717) is 0 Å². The molecule has 5 nitrogen and oxygen atoms in total. The lowest BCUT2D eigenvalue weighted by Crippen LogP contribution is -2.16. The Morgan fingerprint density at radius 1 is 1.75 bits per heavy atom. The SMILES string of the molecule is CC(C(=O)O)c1nccc(=O)[nH]1.